The molecule has 68 valence electrons. The number of terminal acetylenes is 1. The van der Waals surface area contributed by atoms with Gasteiger partial charge in [0.05, 0.1) is 6.04 Å². The summed E-state index contributed by atoms with van der Waals surface area (Å²) in [5.41, 5.74) is 5.52. The minimum atomic E-state index is -0.241. The zero-order chi connectivity index (χ0) is 9.68. The lowest BCUT2D eigenvalue weighted by molar-refractivity contribution is 0.626. The minimum Gasteiger partial charge on any atom is -0.317 e. The molecule has 0 radical (unpaired) electrons. The first-order chi connectivity index (χ1) is 6.22. The van der Waals surface area contributed by atoms with E-state index in [1.807, 2.05) is 0 Å². The molecule has 13 heavy (non-hydrogen) atoms. The average Bonchev–Trinajstić information content (AvgIpc) is 2.16. The van der Waals surface area contributed by atoms with Crippen LogP contribution in [0.15, 0.2) is 29.2 Å². The highest BCUT2D eigenvalue weighted by Gasteiger charge is 1.99. The van der Waals surface area contributed by atoms with Crippen molar-refractivity contribution in [1.82, 2.24) is 0 Å². The Bertz CT molecular complexity index is 302. The molecule has 0 saturated carbocycles. The third-order valence-corrected chi connectivity index (χ3v) is 2.59. The van der Waals surface area contributed by atoms with Crippen LogP contribution in [0.25, 0.3) is 0 Å². The van der Waals surface area contributed by atoms with Crippen LogP contribution >= 0.6 is 11.8 Å². The van der Waals surface area contributed by atoms with Gasteiger partial charge in [0.15, 0.2) is 0 Å². The predicted molar refractivity (Wildman–Crippen MR) is 53.9 cm³/mol. The number of halogens is 1. The van der Waals surface area contributed by atoms with Gasteiger partial charge >= 0.3 is 0 Å². The molecule has 0 heterocycles. The van der Waals surface area contributed by atoms with Gasteiger partial charge in [-0.1, -0.05) is 5.92 Å². The maximum absolute atomic E-state index is 12.5. The van der Waals surface area contributed by atoms with Crippen molar-refractivity contribution in [1.29, 1.82) is 0 Å². The molecule has 0 amide bonds. The summed E-state index contributed by atoms with van der Waals surface area (Å²) in [5, 5.41) is 0. The first-order valence-electron chi connectivity index (χ1n) is 3.82. The Morgan fingerprint density at radius 2 is 2.08 bits per heavy atom. The van der Waals surface area contributed by atoms with Gasteiger partial charge in [-0.15, -0.1) is 18.2 Å². The summed E-state index contributed by atoms with van der Waals surface area (Å²) in [7, 11) is 0. The zero-order valence-corrected chi connectivity index (χ0v) is 7.85. The lowest BCUT2D eigenvalue weighted by Gasteiger charge is -2.03. The number of rotatable bonds is 3. The normalized spacial score (nSPS) is 12.1. The second kappa shape index (κ2) is 4.90. The van der Waals surface area contributed by atoms with E-state index in [-0.39, 0.29) is 11.9 Å². The maximum Gasteiger partial charge on any atom is 0.123 e. The van der Waals surface area contributed by atoms with Crippen molar-refractivity contribution in [2.45, 2.75) is 10.9 Å². The Hall–Kier alpha value is -0.980. The summed E-state index contributed by atoms with van der Waals surface area (Å²) in [6, 6.07) is 6.02. The van der Waals surface area contributed by atoms with E-state index in [4.69, 9.17) is 12.2 Å². The summed E-state index contributed by atoms with van der Waals surface area (Å²) in [6.07, 6.45) is 5.11. The SMILES string of the molecule is C#CC(N)CSc1ccc(F)cc1. The molecule has 0 bridgehead atoms. The second-order valence-electron chi connectivity index (χ2n) is 2.54. The molecular weight excluding hydrogens is 185 g/mol. The highest BCUT2D eigenvalue weighted by molar-refractivity contribution is 7.99. The smallest absolute Gasteiger partial charge is 0.123 e. The quantitative estimate of drug-likeness (QED) is 0.588. The third-order valence-electron chi connectivity index (χ3n) is 1.46. The van der Waals surface area contributed by atoms with Gasteiger partial charge in [0.1, 0.15) is 5.82 Å². The van der Waals surface area contributed by atoms with Crippen molar-refractivity contribution < 1.29 is 4.39 Å². The van der Waals surface area contributed by atoms with Gasteiger partial charge in [-0.05, 0) is 24.3 Å². The number of benzene rings is 1. The third kappa shape index (κ3) is 3.49. The number of thioether (sulfide) groups is 1. The number of nitrogens with two attached hydrogens (primary N) is 1. The Kier molecular flexibility index (Phi) is 3.81. The molecule has 0 aliphatic heterocycles. The fraction of sp³-hybridized carbons (Fsp3) is 0.200. The Morgan fingerprint density at radius 3 is 2.62 bits per heavy atom. The monoisotopic (exact) mass is 195 g/mol. The maximum atomic E-state index is 12.5. The highest BCUT2D eigenvalue weighted by Crippen LogP contribution is 2.18. The van der Waals surface area contributed by atoms with Gasteiger partial charge in [-0.2, -0.15) is 0 Å². The van der Waals surface area contributed by atoms with Crippen molar-refractivity contribution >= 4 is 11.8 Å². The molecule has 1 atom stereocenters. The van der Waals surface area contributed by atoms with Crippen LogP contribution in [0, 0.1) is 18.2 Å². The first kappa shape index (κ1) is 10.1. The first-order valence-corrected chi connectivity index (χ1v) is 4.81. The molecule has 1 rings (SSSR count). The van der Waals surface area contributed by atoms with Gasteiger partial charge in [-0.25, -0.2) is 4.39 Å². The molecule has 0 saturated heterocycles. The molecule has 0 aliphatic carbocycles. The van der Waals surface area contributed by atoms with Crippen LogP contribution in [0.4, 0.5) is 4.39 Å². The van der Waals surface area contributed by atoms with Crippen molar-refractivity contribution in [3.8, 4) is 12.3 Å². The van der Waals surface area contributed by atoms with E-state index in [1.54, 1.807) is 12.1 Å². The van der Waals surface area contributed by atoms with E-state index in [1.165, 1.54) is 23.9 Å². The summed E-state index contributed by atoms with van der Waals surface area (Å²) in [5.74, 6) is 2.85. The van der Waals surface area contributed by atoms with Gasteiger partial charge in [-0.3, -0.25) is 0 Å². The van der Waals surface area contributed by atoms with Gasteiger partial charge in [0, 0.05) is 10.6 Å². The standard InChI is InChI=1S/C10H10FNS/c1-2-9(12)7-13-10-5-3-8(11)4-6-10/h1,3-6,9H,7,12H2. The van der Waals surface area contributed by atoms with Gasteiger partial charge in [0.2, 0.25) is 0 Å². The van der Waals surface area contributed by atoms with E-state index in [9.17, 15) is 4.39 Å². The second-order valence-corrected chi connectivity index (χ2v) is 3.63. The molecule has 1 nitrogen and oxygen atoms in total. The number of hydrogen-bond acceptors (Lipinski definition) is 2. The van der Waals surface area contributed by atoms with Gasteiger partial charge < -0.3 is 5.73 Å². The molecule has 3 heteroatoms. The summed E-state index contributed by atoms with van der Waals surface area (Å²) >= 11 is 1.53. The molecular formula is C10H10FNS. The van der Waals surface area contributed by atoms with E-state index < -0.39 is 0 Å². The predicted octanol–water partition coefficient (Wildman–Crippen LogP) is 1.88. The molecule has 1 unspecified atom stereocenters. The fourth-order valence-electron chi connectivity index (χ4n) is 0.765. The Labute approximate surface area is 81.5 Å². The van der Waals surface area contributed by atoms with E-state index in [0.717, 1.165) is 4.90 Å². The molecule has 0 aliphatic rings. The summed E-state index contributed by atoms with van der Waals surface area (Å²) < 4.78 is 12.5. The van der Waals surface area contributed by atoms with Crippen molar-refractivity contribution in [2.75, 3.05) is 5.75 Å². The van der Waals surface area contributed by atoms with E-state index in [0.29, 0.717) is 5.75 Å². The van der Waals surface area contributed by atoms with Crippen LogP contribution in [0.3, 0.4) is 0 Å². The van der Waals surface area contributed by atoms with Crippen LogP contribution in [-0.2, 0) is 0 Å². The van der Waals surface area contributed by atoms with Crippen molar-refractivity contribution in [3.63, 3.8) is 0 Å². The summed E-state index contributed by atoms with van der Waals surface area (Å²) in [4.78, 5) is 0.979. The molecule has 1 aromatic rings. The Morgan fingerprint density at radius 1 is 1.46 bits per heavy atom. The van der Waals surface area contributed by atoms with Crippen LogP contribution in [0.1, 0.15) is 0 Å². The summed E-state index contributed by atoms with van der Waals surface area (Å²) in [6.45, 7) is 0. The topological polar surface area (TPSA) is 26.0 Å². The van der Waals surface area contributed by atoms with Crippen LogP contribution in [-0.4, -0.2) is 11.8 Å². The van der Waals surface area contributed by atoms with Crippen LogP contribution in [0.2, 0.25) is 0 Å². The lowest BCUT2D eigenvalue weighted by atomic mass is 10.3. The molecule has 0 aromatic heterocycles. The molecule has 0 spiro atoms. The fourth-order valence-corrected chi connectivity index (χ4v) is 1.56. The van der Waals surface area contributed by atoms with Gasteiger partial charge in [0.25, 0.3) is 0 Å². The lowest BCUT2D eigenvalue weighted by Crippen LogP contribution is -2.19. The highest BCUT2D eigenvalue weighted by atomic mass is 32.2. The zero-order valence-electron chi connectivity index (χ0n) is 7.03. The molecule has 1 aromatic carbocycles. The minimum absolute atomic E-state index is 0.231. The average molecular weight is 195 g/mol. The van der Waals surface area contributed by atoms with Crippen molar-refractivity contribution in [3.05, 3.63) is 30.1 Å². The largest absolute Gasteiger partial charge is 0.317 e. The van der Waals surface area contributed by atoms with E-state index in [2.05, 4.69) is 5.92 Å². The molecule has 0 fully saturated rings. The Balaban J connectivity index is 2.47. The van der Waals surface area contributed by atoms with Crippen molar-refractivity contribution in [2.24, 2.45) is 5.73 Å². The van der Waals surface area contributed by atoms with E-state index >= 15 is 0 Å². The van der Waals surface area contributed by atoms with Crippen LogP contribution < -0.4 is 5.73 Å². The molecule has 2 N–H and O–H groups in total. The van der Waals surface area contributed by atoms with Crippen LogP contribution in [0.5, 0.6) is 0 Å². The number of hydrogen-bond donors (Lipinski definition) is 1.